The van der Waals surface area contributed by atoms with E-state index >= 15 is 0 Å². The highest BCUT2D eigenvalue weighted by Crippen LogP contribution is 2.31. The molecule has 2 heterocycles. The Bertz CT molecular complexity index is 768. The van der Waals surface area contributed by atoms with Gasteiger partial charge in [0.1, 0.15) is 49.8 Å². The van der Waals surface area contributed by atoms with Crippen molar-refractivity contribution in [2.24, 2.45) is 0 Å². The fraction of sp³-hybridized carbons (Fsp3) is 0.800. The summed E-state index contributed by atoms with van der Waals surface area (Å²) in [6.45, 7) is 3.24. The highest BCUT2D eigenvalue weighted by molar-refractivity contribution is 5.67. The number of hydrogen-bond donors (Lipinski definition) is 4. The second-order valence-electron chi connectivity index (χ2n) is 7.93. The molecule has 10 atom stereocenters. The van der Waals surface area contributed by atoms with Gasteiger partial charge in [-0.25, -0.2) is 0 Å². The van der Waals surface area contributed by atoms with Gasteiger partial charge in [0.25, 0.3) is 0 Å². The fourth-order valence-corrected chi connectivity index (χ4v) is 3.55. The van der Waals surface area contributed by atoms with Crippen LogP contribution in [0.15, 0.2) is 0 Å². The first-order valence-electron chi connectivity index (χ1n) is 10.6. The van der Waals surface area contributed by atoms with Crippen molar-refractivity contribution < 1.29 is 72.8 Å². The van der Waals surface area contributed by atoms with Gasteiger partial charge in [0.05, 0.1) is 0 Å². The Morgan fingerprint density at radius 3 is 1.66 bits per heavy atom. The van der Waals surface area contributed by atoms with E-state index in [1.807, 2.05) is 0 Å². The minimum Gasteiger partial charge on any atom is -0.463 e. The summed E-state index contributed by atoms with van der Waals surface area (Å²) >= 11 is 0. The van der Waals surface area contributed by atoms with Gasteiger partial charge in [0.15, 0.2) is 24.8 Å². The van der Waals surface area contributed by atoms with Crippen LogP contribution in [0.5, 0.6) is 0 Å². The van der Waals surface area contributed by atoms with Crippen molar-refractivity contribution in [3.8, 4) is 0 Å². The zero-order valence-corrected chi connectivity index (χ0v) is 19.5. The van der Waals surface area contributed by atoms with Crippen molar-refractivity contribution in [2.75, 3.05) is 13.2 Å². The molecule has 0 amide bonds. The van der Waals surface area contributed by atoms with E-state index in [1.165, 1.54) is 0 Å². The summed E-state index contributed by atoms with van der Waals surface area (Å²) in [6.07, 6.45) is -16.2. The zero-order valence-electron chi connectivity index (χ0n) is 19.5. The van der Waals surface area contributed by atoms with Gasteiger partial charge in [0, 0.05) is 27.7 Å². The van der Waals surface area contributed by atoms with Gasteiger partial charge < -0.3 is 53.6 Å². The molecular formula is C20H30O15. The molecule has 2 aliphatic rings. The zero-order chi connectivity index (χ0) is 26.4. The lowest BCUT2D eigenvalue weighted by molar-refractivity contribution is -0.356. The largest absolute Gasteiger partial charge is 0.463 e. The lowest BCUT2D eigenvalue weighted by atomic mass is 9.96. The van der Waals surface area contributed by atoms with Crippen LogP contribution in [0.2, 0.25) is 0 Å². The van der Waals surface area contributed by atoms with Gasteiger partial charge in [-0.2, -0.15) is 0 Å². The quantitative estimate of drug-likeness (QED) is 0.188. The van der Waals surface area contributed by atoms with E-state index in [2.05, 4.69) is 0 Å². The monoisotopic (exact) mass is 510 g/mol. The SMILES string of the molecule is CC(=O)OCC1OC(OC2C(COC(C)=O)OC(O)C(OC(C)=O)C2O)C(OC(C)=O)C(O)C1O. The topological polar surface area (TPSA) is 214 Å². The summed E-state index contributed by atoms with van der Waals surface area (Å²) in [4.78, 5) is 45.5. The predicted molar refractivity (Wildman–Crippen MR) is 107 cm³/mol. The Labute approximate surface area is 199 Å². The van der Waals surface area contributed by atoms with Gasteiger partial charge in [0.2, 0.25) is 0 Å². The first-order chi connectivity index (χ1) is 16.3. The molecule has 35 heavy (non-hydrogen) atoms. The van der Waals surface area contributed by atoms with Crippen molar-refractivity contribution in [1.82, 2.24) is 0 Å². The maximum atomic E-state index is 11.6. The highest BCUT2D eigenvalue weighted by Gasteiger charge is 2.53. The molecule has 0 aliphatic carbocycles. The van der Waals surface area contributed by atoms with Crippen molar-refractivity contribution in [1.29, 1.82) is 0 Å². The van der Waals surface area contributed by atoms with Gasteiger partial charge in [-0.3, -0.25) is 19.2 Å². The van der Waals surface area contributed by atoms with Crippen LogP contribution in [0.4, 0.5) is 0 Å². The second-order valence-corrected chi connectivity index (χ2v) is 7.93. The van der Waals surface area contributed by atoms with E-state index in [0.29, 0.717) is 0 Å². The normalized spacial score (nSPS) is 37.1. The average Bonchev–Trinajstić information content (AvgIpc) is 2.75. The number of ether oxygens (including phenoxy) is 7. The smallest absolute Gasteiger partial charge is 0.303 e. The third-order valence-electron chi connectivity index (χ3n) is 5.08. The van der Waals surface area contributed by atoms with Crippen LogP contribution < -0.4 is 0 Å². The Kier molecular flexibility index (Phi) is 10.3. The average molecular weight is 510 g/mol. The van der Waals surface area contributed by atoms with Crippen LogP contribution in [0.3, 0.4) is 0 Å². The van der Waals surface area contributed by atoms with Crippen molar-refractivity contribution in [2.45, 2.75) is 89.1 Å². The Balaban J connectivity index is 2.34. The molecule has 10 unspecified atom stereocenters. The molecule has 0 radical (unpaired) electrons. The van der Waals surface area contributed by atoms with Crippen LogP contribution in [-0.4, -0.2) is 119 Å². The number of aliphatic hydroxyl groups is 4. The number of carbonyl (C=O) groups excluding carboxylic acids is 4. The first kappa shape index (κ1) is 28.8. The van der Waals surface area contributed by atoms with E-state index in [1.54, 1.807) is 0 Å². The predicted octanol–water partition coefficient (Wildman–Crippen LogP) is -3.11. The second kappa shape index (κ2) is 12.5. The molecule has 0 aromatic heterocycles. The van der Waals surface area contributed by atoms with E-state index < -0.39 is 98.5 Å². The minimum absolute atomic E-state index is 0.504. The first-order valence-corrected chi connectivity index (χ1v) is 10.6. The molecule has 0 bridgehead atoms. The number of carbonyl (C=O) groups is 4. The fourth-order valence-electron chi connectivity index (χ4n) is 3.55. The van der Waals surface area contributed by atoms with Gasteiger partial charge in [-0.15, -0.1) is 0 Å². The van der Waals surface area contributed by atoms with Crippen LogP contribution in [-0.2, 0) is 52.3 Å². The van der Waals surface area contributed by atoms with Crippen molar-refractivity contribution in [3.05, 3.63) is 0 Å². The van der Waals surface area contributed by atoms with Crippen LogP contribution >= 0.6 is 0 Å². The van der Waals surface area contributed by atoms with Gasteiger partial charge in [-0.1, -0.05) is 0 Å². The van der Waals surface area contributed by atoms with E-state index in [9.17, 15) is 39.6 Å². The van der Waals surface area contributed by atoms with Gasteiger partial charge >= 0.3 is 23.9 Å². The Morgan fingerprint density at radius 1 is 0.629 bits per heavy atom. The molecule has 0 spiro atoms. The number of esters is 4. The van der Waals surface area contributed by atoms with Crippen LogP contribution in [0.1, 0.15) is 27.7 Å². The molecule has 2 aliphatic heterocycles. The van der Waals surface area contributed by atoms with Crippen molar-refractivity contribution in [3.63, 3.8) is 0 Å². The van der Waals surface area contributed by atoms with Crippen LogP contribution in [0, 0.1) is 0 Å². The molecule has 2 rings (SSSR count). The third kappa shape index (κ3) is 7.79. The number of hydrogen-bond acceptors (Lipinski definition) is 15. The molecule has 2 fully saturated rings. The molecule has 0 aromatic rings. The lowest BCUT2D eigenvalue weighted by Gasteiger charge is -2.46. The Morgan fingerprint density at radius 2 is 1.14 bits per heavy atom. The maximum absolute atomic E-state index is 11.6. The molecule has 4 N–H and O–H groups in total. The standard InChI is InChI=1S/C20H30O15/c1-7(21)29-5-11-13(25)14(26)18(32-10(4)24)20(34-11)35-16-12(6-30-8(2)22)33-19(28)17(15(16)27)31-9(3)23/h11-20,25-28H,5-6H2,1-4H3. The minimum atomic E-state index is -1.82. The lowest BCUT2D eigenvalue weighted by Crippen LogP contribution is -2.65. The number of aliphatic hydroxyl groups excluding tert-OH is 4. The summed E-state index contributed by atoms with van der Waals surface area (Å²) in [5.74, 6) is -3.15. The van der Waals surface area contributed by atoms with E-state index in [-0.39, 0.29) is 0 Å². The van der Waals surface area contributed by atoms with E-state index in [0.717, 1.165) is 27.7 Å². The summed E-state index contributed by atoms with van der Waals surface area (Å²) in [5.41, 5.74) is 0. The summed E-state index contributed by atoms with van der Waals surface area (Å²) < 4.78 is 36.3. The van der Waals surface area contributed by atoms with Crippen molar-refractivity contribution >= 4 is 23.9 Å². The molecule has 15 nitrogen and oxygen atoms in total. The molecule has 15 heteroatoms. The highest BCUT2D eigenvalue weighted by atomic mass is 16.7. The van der Waals surface area contributed by atoms with E-state index in [4.69, 9.17) is 33.2 Å². The molecule has 2 saturated heterocycles. The Hall–Kier alpha value is -2.40. The third-order valence-corrected chi connectivity index (χ3v) is 5.08. The maximum Gasteiger partial charge on any atom is 0.303 e. The summed E-state index contributed by atoms with van der Waals surface area (Å²) in [7, 11) is 0. The molecule has 0 saturated carbocycles. The molecule has 200 valence electrons. The van der Waals surface area contributed by atoms with Gasteiger partial charge in [-0.05, 0) is 0 Å². The molecular weight excluding hydrogens is 480 g/mol. The summed E-state index contributed by atoms with van der Waals surface area (Å²) in [5, 5.41) is 41.9. The summed E-state index contributed by atoms with van der Waals surface area (Å²) in [6, 6.07) is 0. The molecule has 0 aromatic carbocycles. The van der Waals surface area contributed by atoms with Crippen LogP contribution in [0.25, 0.3) is 0 Å². The number of rotatable bonds is 8.